The van der Waals surface area contributed by atoms with Crippen LogP contribution in [0.4, 0.5) is 0 Å². The van der Waals surface area contributed by atoms with E-state index in [1.54, 1.807) is 7.11 Å². The Hall–Kier alpha value is -1.22. The van der Waals surface area contributed by atoms with Crippen molar-refractivity contribution in [3.05, 3.63) is 29.8 Å². The summed E-state index contributed by atoms with van der Waals surface area (Å²) >= 11 is 1.92. The standard InChI is InChI=1S/C20H24O2S/c1-18-9-7-15-14-6-5-13(22-4)11-16(14)23-12-19(15,2)20(18,3)10-8-17(18)21/h5-7,11H,8-10,12H2,1-4H3/t18-,19+,20+/m0/s1. The van der Waals surface area contributed by atoms with E-state index >= 15 is 0 Å². The number of carbonyl (C=O) groups is 1. The number of ketones is 1. The molecule has 1 saturated carbocycles. The molecular weight excluding hydrogens is 304 g/mol. The van der Waals surface area contributed by atoms with E-state index in [-0.39, 0.29) is 16.2 Å². The number of hydrogen-bond acceptors (Lipinski definition) is 3. The van der Waals surface area contributed by atoms with Gasteiger partial charge in [-0.1, -0.05) is 26.8 Å². The molecule has 1 heterocycles. The second-order valence-corrected chi connectivity index (χ2v) is 8.91. The molecule has 3 heteroatoms. The van der Waals surface area contributed by atoms with Crippen molar-refractivity contribution in [3.63, 3.8) is 0 Å². The zero-order chi connectivity index (χ0) is 16.5. The van der Waals surface area contributed by atoms with Crippen molar-refractivity contribution in [1.29, 1.82) is 0 Å². The van der Waals surface area contributed by atoms with Gasteiger partial charge in [0.1, 0.15) is 11.5 Å². The lowest BCUT2D eigenvalue weighted by atomic mass is 9.48. The molecule has 4 rings (SSSR count). The van der Waals surface area contributed by atoms with Crippen LogP contribution in [0.5, 0.6) is 5.75 Å². The van der Waals surface area contributed by atoms with Crippen LogP contribution in [0.1, 0.15) is 45.6 Å². The Bertz CT molecular complexity index is 737. The Morgan fingerprint density at radius 3 is 2.70 bits per heavy atom. The van der Waals surface area contributed by atoms with E-state index in [1.165, 1.54) is 16.0 Å². The lowest BCUT2D eigenvalue weighted by molar-refractivity contribution is -0.131. The summed E-state index contributed by atoms with van der Waals surface area (Å²) in [7, 11) is 1.72. The molecule has 3 aliphatic rings. The Morgan fingerprint density at radius 1 is 1.17 bits per heavy atom. The van der Waals surface area contributed by atoms with E-state index < -0.39 is 0 Å². The number of allylic oxidation sites excluding steroid dienone is 2. The van der Waals surface area contributed by atoms with Crippen LogP contribution in [0.15, 0.2) is 29.2 Å². The van der Waals surface area contributed by atoms with Gasteiger partial charge in [-0.25, -0.2) is 0 Å². The Morgan fingerprint density at radius 2 is 1.96 bits per heavy atom. The topological polar surface area (TPSA) is 26.3 Å². The Kier molecular flexibility index (Phi) is 3.10. The highest BCUT2D eigenvalue weighted by molar-refractivity contribution is 7.99. The van der Waals surface area contributed by atoms with Crippen LogP contribution in [-0.2, 0) is 4.79 Å². The molecule has 0 spiro atoms. The SMILES string of the molecule is COc1ccc2c(c1)SC[C@]1(C)C2=CC[C@@]2(C)C(=O)CC[C@]21C. The summed E-state index contributed by atoms with van der Waals surface area (Å²) in [5, 5.41) is 0. The predicted molar refractivity (Wildman–Crippen MR) is 94.9 cm³/mol. The minimum absolute atomic E-state index is 0.0474. The van der Waals surface area contributed by atoms with E-state index in [2.05, 4.69) is 45.0 Å². The molecule has 0 aromatic heterocycles. The molecule has 0 unspecified atom stereocenters. The maximum atomic E-state index is 12.6. The van der Waals surface area contributed by atoms with Crippen molar-refractivity contribution in [2.24, 2.45) is 16.2 Å². The minimum Gasteiger partial charge on any atom is -0.497 e. The van der Waals surface area contributed by atoms with Gasteiger partial charge in [0.15, 0.2) is 0 Å². The molecule has 0 N–H and O–H groups in total. The average Bonchev–Trinajstić information content (AvgIpc) is 2.79. The lowest BCUT2D eigenvalue weighted by Gasteiger charge is -2.58. The van der Waals surface area contributed by atoms with E-state index in [9.17, 15) is 4.79 Å². The van der Waals surface area contributed by atoms with Gasteiger partial charge in [0, 0.05) is 27.9 Å². The van der Waals surface area contributed by atoms with Crippen molar-refractivity contribution < 1.29 is 9.53 Å². The first-order valence-corrected chi connectivity index (χ1v) is 9.39. The quantitative estimate of drug-likeness (QED) is 0.728. The largest absolute Gasteiger partial charge is 0.497 e. The van der Waals surface area contributed by atoms with Gasteiger partial charge in [0.25, 0.3) is 0 Å². The number of ether oxygens (including phenoxy) is 1. The molecule has 1 aliphatic heterocycles. The van der Waals surface area contributed by atoms with Crippen LogP contribution in [-0.4, -0.2) is 18.6 Å². The fraction of sp³-hybridized carbons (Fsp3) is 0.550. The number of thioether (sulfide) groups is 1. The maximum Gasteiger partial charge on any atom is 0.139 e. The molecule has 23 heavy (non-hydrogen) atoms. The molecule has 1 aromatic rings. The summed E-state index contributed by atoms with van der Waals surface area (Å²) in [6.45, 7) is 6.95. The van der Waals surface area contributed by atoms with Crippen molar-refractivity contribution in [2.45, 2.75) is 44.9 Å². The van der Waals surface area contributed by atoms with E-state index in [0.29, 0.717) is 5.78 Å². The summed E-state index contributed by atoms with van der Waals surface area (Å²) in [5.74, 6) is 2.42. The monoisotopic (exact) mass is 328 g/mol. The molecular formula is C20H24O2S. The number of rotatable bonds is 1. The summed E-state index contributed by atoms with van der Waals surface area (Å²) in [6, 6.07) is 6.41. The highest BCUT2D eigenvalue weighted by Gasteiger charge is 2.65. The lowest BCUT2D eigenvalue weighted by Crippen LogP contribution is -2.53. The van der Waals surface area contributed by atoms with Crippen LogP contribution in [0.3, 0.4) is 0 Å². The van der Waals surface area contributed by atoms with Gasteiger partial charge in [-0.15, -0.1) is 11.8 Å². The van der Waals surface area contributed by atoms with Gasteiger partial charge in [-0.2, -0.15) is 0 Å². The first-order valence-electron chi connectivity index (χ1n) is 8.41. The molecule has 0 saturated heterocycles. The summed E-state index contributed by atoms with van der Waals surface area (Å²) in [4.78, 5) is 13.9. The van der Waals surface area contributed by atoms with Gasteiger partial charge < -0.3 is 4.74 Å². The first-order chi connectivity index (χ1) is 10.9. The molecule has 0 bridgehead atoms. The van der Waals surface area contributed by atoms with Gasteiger partial charge in [0.05, 0.1) is 7.11 Å². The molecule has 1 aromatic carbocycles. The third-order valence-electron chi connectivity index (χ3n) is 7.21. The summed E-state index contributed by atoms with van der Waals surface area (Å²) in [5.41, 5.74) is 2.69. The smallest absolute Gasteiger partial charge is 0.139 e. The van der Waals surface area contributed by atoms with Crippen molar-refractivity contribution in [3.8, 4) is 5.75 Å². The number of benzene rings is 1. The first kappa shape index (κ1) is 15.3. The van der Waals surface area contributed by atoms with Crippen molar-refractivity contribution >= 4 is 23.1 Å². The van der Waals surface area contributed by atoms with E-state index in [4.69, 9.17) is 4.74 Å². The van der Waals surface area contributed by atoms with Gasteiger partial charge >= 0.3 is 0 Å². The molecule has 0 amide bonds. The molecule has 1 fully saturated rings. The fourth-order valence-electron chi connectivity index (χ4n) is 5.11. The molecule has 0 radical (unpaired) electrons. The number of Topliss-reactive ketones (excluding diaryl/α,β-unsaturated/α-hetero) is 1. The summed E-state index contributed by atoms with van der Waals surface area (Å²) < 4.78 is 5.38. The normalized spacial score (nSPS) is 38.4. The van der Waals surface area contributed by atoms with Gasteiger partial charge in [0.2, 0.25) is 0 Å². The fourth-order valence-corrected chi connectivity index (χ4v) is 6.56. The van der Waals surface area contributed by atoms with Gasteiger partial charge in [-0.3, -0.25) is 4.79 Å². The third kappa shape index (κ3) is 1.69. The average molecular weight is 328 g/mol. The highest BCUT2D eigenvalue weighted by Crippen LogP contribution is 2.70. The molecule has 2 nitrogen and oxygen atoms in total. The van der Waals surface area contributed by atoms with Crippen molar-refractivity contribution in [2.75, 3.05) is 12.9 Å². The number of methoxy groups -OCH3 is 1. The molecule has 122 valence electrons. The predicted octanol–water partition coefficient (Wildman–Crippen LogP) is 4.97. The Labute approximate surface area is 142 Å². The highest BCUT2D eigenvalue weighted by atomic mass is 32.2. The zero-order valence-corrected chi connectivity index (χ0v) is 15.2. The number of carbonyl (C=O) groups excluding carboxylic acids is 1. The number of hydrogen-bond donors (Lipinski definition) is 0. The summed E-state index contributed by atoms with van der Waals surface area (Å²) in [6.07, 6.45) is 4.99. The van der Waals surface area contributed by atoms with Crippen LogP contribution in [0.25, 0.3) is 5.57 Å². The maximum absolute atomic E-state index is 12.6. The minimum atomic E-state index is -0.199. The van der Waals surface area contributed by atoms with Crippen LogP contribution < -0.4 is 4.74 Å². The van der Waals surface area contributed by atoms with Crippen LogP contribution in [0.2, 0.25) is 0 Å². The molecule has 3 atom stereocenters. The van der Waals surface area contributed by atoms with Gasteiger partial charge in [-0.05, 0) is 47.6 Å². The van der Waals surface area contributed by atoms with E-state index in [1.807, 2.05) is 11.8 Å². The number of fused-ring (bicyclic) bond motifs is 5. The van der Waals surface area contributed by atoms with E-state index in [0.717, 1.165) is 30.8 Å². The van der Waals surface area contributed by atoms with Crippen molar-refractivity contribution in [1.82, 2.24) is 0 Å². The zero-order valence-electron chi connectivity index (χ0n) is 14.4. The van der Waals surface area contributed by atoms with Crippen LogP contribution in [0, 0.1) is 16.2 Å². The van der Waals surface area contributed by atoms with Crippen LogP contribution >= 0.6 is 11.8 Å². The third-order valence-corrected chi connectivity index (χ3v) is 8.58. The Balaban J connectivity index is 1.89. The second kappa shape index (κ2) is 4.66. The molecule has 2 aliphatic carbocycles. The second-order valence-electron chi connectivity index (χ2n) is 7.89.